The molecule has 0 bridgehead atoms. The highest BCUT2D eigenvalue weighted by molar-refractivity contribution is 5.87. The first-order chi connectivity index (χ1) is 9.60. The van der Waals surface area contributed by atoms with E-state index in [0.717, 1.165) is 12.0 Å². The maximum absolute atomic E-state index is 11.4. The van der Waals surface area contributed by atoms with Crippen LogP contribution in [0.4, 0.5) is 0 Å². The molecular formula is C16H20O4. The molecule has 3 atom stereocenters. The molecule has 1 aromatic carbocycles. The number of hydrogen-bond acceptors (Lipinski definition) is 4. The van der Waals surface area contributed by atoms with E-state index < -0.39 is 6.29 Å². The first kappa shape index (κ1) is 14.8. The van der Waals surface area contributed by atoms with Gasteiger partial charge >= 0.3 is 5.97 Å². The maximum atomic E-state index is 11.4. The van der Waals surface area contributed by atoms with Gasteiger partial charge in [0.25, 0.3) is 0 Å². The predicted octanol–water partition coefficient (Wildman–Crippen LogP) is 3.00. The average molecular weight is 276 g/mol. The van der Waals surface area contributed by atoms with Gasteiger partial charge in [0, 0.05) is 17.6 Å². The summed E-state index contributed by atoms with van der Waals surface area (Å²) in [5.74, 6) is -0.330. The number of esters is 1. The number of carbonyl (C=O) groups is 1. The van der Waals surface area contributed by atoms with Gasteiger partial charge in [0.1, 0.15) is 0 Å². The zero-order chi connectivity index (χ0) is 14.5. The Morgan fingerprint density at radius 2 is 2.00 bits per heavy atom. The second-order valence-corrected chi connectivity index (χ2v) is 4.94. The SMILES string of the molecule is COC(=O)/C(C)=C/[C@@H]1C[C@H](C)OC(c2ccccc2)O1. The van der Waals surface area contributed by atoms with Gasteiger partial charge in [-0.1, -0.05) is 30.3 Å². The molecule has 2 rings (SSSR count). The average Bonchev–Trinajstić information content (AvgIpc) is 2.46. The fraction of sp³-hybridized carbons (Fsp3) is 0.438. The smallest absolute Gasteiger partial charge is 0.333 e. The van der Waals surface area contributed by atoms with Crippen molar-refractivity contribution in [2.45, 2.75) is 38.8 Å². The van der Waals surface area contributed by atoms with E-state index in [1.54, 1.807) is 13.0 Å². The highest BCUT2D eigenvalue weighted by atomic mass is 16.7. The van der Waals surface area contributed by atoms with Gasteiger partial charge in [-0.25, -0.2) is 4.79 Å². The zero-order valence-corrected chi connectivity index (χ0v) is 12.0. The summed E-state index contributed by atoms with van der Waals surface area (Å²) in [6, 6.07) is 9.79. The number of rotatable bonds is 3. The van der Waals surface area contributed by atoms with E-state index in [2.05, 4.69) is 0 Å². The summed E-state index contributed by atoms with van der Waals surface area (Å²) in [7, 11) is 1.37. The summed E-state index contributed by atoms with van der Waals surface area (Å²) in [5.41, 5.74) is 1.53. The summed E-state index contributed by atoms with van der Waals surface area (Å²) >= 11 is 0. The van der Waals surface area contributed by atoms with Crippen LogP contribution >= 0.6 is 0 Å². The molecule has 20 heavy (non-hydrogen) atoms. The molecule has 1 saturated heterocycles. The summed E-state index contributed by atoms with van der Waals surface area (Å²) < 4.78 is 16.4. The zero-order valence-electron chi connectivity index (χ0n) is 12.0. The van der Waals surface area contributed by atoms with Crippen molar-refractivity contribution in [1.29, 1.82) is 0 Å². The van der Waals surface area contributed by atoms with Crippen molar-refractivity contribution < 1.29 is 19.0 Å². The Kier molecular flexibility index (Phi) is 4.93. The van der Waals surface area contributed by atoms with E-state index in [1.807, 2.05) is 37.3 Å². The van der Waals surface area contributed by atoms with Gasteiger partial charge in [-0.05, 0) is 19.9 Å². The van der Waals surface area contributed by atoms with E-state index in [-0.39, 0.29) is 18.2 Å². The molecule has 108 valence electrons. The van der Waals surface area contributed by atoms with Crippen LogP contribution in [-0.4, -0.2) is 25.3 Å². The minimum absolute atomic E-state index is 0.0700. The van der Waals surface area contributed by atoms with Crippen LogP contribution in [0.5, 0.6) is 0 Å². The molecule has 1 heterocycles. The van der Waals surface area contributed by atoms with Crippen LogP contribution in [0.2, 0.25) is 0 Å². The molecule has 4 nitrogen and oxygen atoms in total. The van der Waals surface area contributed by atoms with Gasteiger partial charge < -0.3 is 14.2 Å². The maximum Gasteiger partial charge on any atom is 0.333 e. The molecule has 0 spiro atoms. The van der Waals surface area contributed by atoms with E-state index in [9.17, 15) is 4.79 Å². The standard InChI is InChI=1S/C16H20O4/c1-11(15(17)18-3)9-14-10-12(2)19-16(20-14)13-7-5-4-6-8-13/h4-9,12,14,16H,10H2,1-3H3/b11-9+/t12-,14+,16?/m0/s1. The summed E-state index contributed by atoms with van der Waals surface area (Å²) in [6.45, 7) is 3.74. The second kappa shape index (κ2) is 6.68. The van der Waals surface area contributed by atoms with Crippen LogP contribution in [-0.2, 0) is 19.0 Å². The number of hydrogen-bond donors (Lipinski definition) is 0. The lowest BCUT2D eigenvalue weighted by Crippen LogP contribution is -2.31. The third kappa shape index (κ3) is 3.68. The molecule has 1 aromatic rings. The van der Waals surface area contributed by atoms with Gasteiger partial charge in [0.15, 0.2) is 6.29 Å². The fourth-order valence-electron chi connectivity index (χ4n) is 2.22. The van der Waals surface area contributed by atoms with Crippen molar-refractivity contribution in [3.05, 3.63) is 47.5 Å². The molecule has 1 aliphatic rings. The van der Waals surface area contributed by atoms with E-state index in [0.29, 0.717) is 5.57 Å². The first-order valence-corrected chi connectivity index (χ1v) is 6.72. The highest BCUT2D eigenvalue weighted by Gasteiger charge is 2.28. The van der Waals surface area contributed by atoms with E-state index in [4.69, 9.17) is 14.2 Å². The fourth-order valence-corrected chi connectivity index (χ4v) is 2.22. The molecule has 1 aliphatic heterocycles. The van der Waals surface area contributed by atoms with Crippen LogP contribution in [0, 0.1) is 0 Å². The molecule has 0 aromatic heterocycles. The van der Waals surface area contributed by atoms with Crippen LogP contribution < -0.4 is 0 Å². The summed E-state index contributed by atoms with van der Waals surface area (Å²) in [5, 5.41) is 0. The summed E-state index contributed by atoms with van der Waals surface area (Å²) in [6.07, 6.45) is 2.05. The third-order valence-corrected chi connectivity index (χ3v) is 3.23. The lowest BCUT2D eigenvalue weighted by atomic mass is 10.1. The Morgan fingerprint density at radius 1 is 1.30 bits per heavy atom. The monoisotopic (exact) mass is 276 g/mol. The van der Waals surface area contributed by atoms with Crippen LogP contribution in [0.25, 0.3) is 0 Å². The number of methoxy groups -OCH3 is 1. The van der Waals surface area contributed by atoms with Crippen LogP contribution in [0.1, 0.15) is 32.1 Å². The Bertz CT molecular complexity index is 481. The highest BCUT2D eigenvalue weighted by Crippen LogP contribution is 2.30. The number of carbonyl (C=O) groups excluding carboxylic acids is 1. The lowest BCUT2D eigenvalue weighted by molar-refractivity contribution is -0.232. The topological polar surface area (TPSA) is 44.8 Å². The Hall–Kier alpha value is -1.65. The number of ether oxygens (including phenoxy) is 3. The molecule has 0 radical (unpaired) electrons. The van der Waals surface area contributed by atoms with Crippen molar-refractivity contribution in [2.75, 3.05) is 7.11 Å². The minimum atomic E-state index is -0.397. The van der Waals surface area contributed by atoms with E-state index >= 15 is 0 Å². The Labute approximate surface area is 119 Å². The lowest BCUT2D eigenvalue weighted by Gasteiger charge is -2.33. The molecule has 1 fully saturated rings. The summed E-state index contributed by atoms with van der Waals surface area (Å²) in [4.78, 5) is 11.4. The van der Waals surface area contributed by atoms with Gasteiger partial charge in [0.2, 0.25) is 0 Å². The van der Waals surface area contributed by atoms with Crippen molar-refractivity contribution in [2.24, 2.45) is 0 Å². The number of benzene rings is 1. The van der Waals surface area contributed by atoms with Crippen molar-refractivity contribution in [1.82, 2.24) is 0 Å². The van der Waals surface area contributed by atoms with Crippen molar-refractivity contribution in [3.63, 3.8) is 0 Å². The largest absolute Gasteiger partial charge is 0.466 e. The molecule has 0 saturated carbocycles. The molecule has 1 unspecified atom stereocenters. The molecular weight excluding hydrogens is 256 g/mol. The van der Waals surface area contributed by atoms with Gasteiger partial charge in [-0.3, -0.25) is 0 Å². The Morgan fingerprint density at radius 3 is 2.65 bits per heavy atom. The normalized spacial score (nSPS) is 27.1. The third-order valence-electron chi connectivity index (χ3n) is 3.23. The van der Waals surface area contributed by atoms with Crippen LogP contribution in [0.15, 0.2) is 42.0 Å². The Balaban J connectivity index is 2.11. The first-order valence-electron chi connectivity index (χ1n) is 6.72. The van der Waals surface area contributed by atoms with Gasteiger partial charge in [-0.2, -0.15) is 0 Å². The van der Waals surface area contributed by atoms with Gasteiger partial charge in [0.05, 0.1) is 19.3 Å². The van der Waals surface area contributed by atoms with Gasteiger partial charge in [-0.15, -0.1) is 0 Å². The molecule has 0 aliphatic carbocycles. The molecule has 0 N–H and O–H groups in total. The second-order valence-electron chi connectivity index (χ2n) is 4.94. The van der Waals surface area contributed by atoms with Crippen LogP contribution in [0.3, 0.4) is 0 Å². The van der Waals surface area contributed by atoms with Crippen molar-refractivity contribution in [3.8, 4) is 0 Å². The minimum Gasteiger partial charge on any atom is -0.466 e. The molecule has 0 amide bonds. The molecule has 4 heteroatoms. The quantitative estimate of drug-likeness (QED) is 0.629. The van der Waals surface area contributed by atoms with Crippen molar-refractivity contribution >= 4 is 5.97 Å². The van der Waals surface area contributed by atoms with E-state index in [1.165, 1.54) is 7.11 Å². The predicted molar refractivity (Wildman–Crippen MR) is 75.0 cm³/mol.